The fourth-order valence-electron chi connectivity index (χ4n) is 1.71. The van der Waals surface area contributed by atoms with Gasteiger partial charge in [-0.25, -0.2) is 0 Å². The third kappa shape index (κ3) is 3.54. The SMILES string of the molecule is CC(C)c1nc(OCC2CNCCO2)cc(=O)[nH]1. The summed E-state index contributed by atoms with van der Waals surface area (Å²) in [6.07, 6.45) is 0.0161. The van der Waals surface area contributed by atoms with Crippen LogP contribution in [0.25, 0.3) is 0 Å². The van der Waals surface area contributed by atoms with E-state index in [2.05, 4.69) is 15.3 Å². The predicted molar refractivity (Wildman–Crippen MR) is 67.1 cm³/mol. The van der Waals surface area contributed by atoms with E-state index in [1.54, 1.807) is 0 Å². The number of rotatable bonds is 4. The van der Waals surface area contributed by atoms with Crippen LogP contribution in [0.5, 0.6) is 5.88 Å². The molecular weight excluding hydrogens is 234 g/mol. The minimum atomic E-state index is -0.189. The second-order valence-electron chi connectivity index (χ2n) is 4.63. The van der Waals surface area contributed by atoms with Crippen LogP contribution in [-0.4, -0.2) is 42.4 Å². The van der Waals surface area contributed by atoms with Crippen molar-refractivity contribution in [1.82, 2.24) is 15.3 Å². The van der Waals surface area contributed by atoms with E-state index in [0.717, 1.165) is 13.1 Å². The van der Waals surface area contributed by atoms with Crippen LogP contribution in [0.3, 0.4) is 0 Å². The Morgan fingerprint density at radius 1 is 1.61 bits per heavy atom. The molecule has 1 aliphatic rings. The zero-order chi connectivity index (χ0) is 13.0. The fourth-order valence-corrected chi connectivity index (χ4v) is 1.71. The van der Waals surface area contributed by atoms with Gasteiger partial charge in [0.2, 0.25) is 5.88 Å². The third-order valence-electron chi connectivity index (χ3n) is 2.70. The highest BCUT2D eigenvalue weighted by Gasteiger charge is 2.14. The Bertz CT molecular complexity index is 438. The van der Waals surface area contributed by atoms with E-state index in [0.29, 0.717) is 24.9 Å². The Labute approximate surface area is 106 Å². The summed E-state index contributed by atoms with van der Waals surface area (Å²) in [5.41, 5.74) is -0.189. The lowest BCUT2D eigenvalue weighted by Crippen LogP contribution is -2.41. The number of ether oxygens (including phenoxy) is 2. The summed E-state index contributed by atoms with van der Waals surface area (Å²) in [4.78, 5) is 18.4. The summed E-state index contributed by atoms with van der Waals surface area (Å²) in [5.74, 6) is 1.16. The van der Waals surface area contributed by atoms with Crippen LogP contribution in [0.2, 0.25) is 0 Å². The van der Waals surface area contributed by atoms with Crippen LogP contribution in [0.1, 0.15) is 25.6 Å². The van der Waals surface area contributed by atoms with Crippen molar-refractivity contribution >= 4 is 0 Å². The average molecular weight is 253 g/mol. The molecule has 0 aliphatic carbocycles. The van der Waals surface area contributed by atoms with Crippen molar-refractivity contribution in [3.05, 3.63) is 22.2 Å². The van der Waals surface area contributed by atoms with Crippen molar-refractivity contribution < 1.29 is 9.47 Å². The van der Waals surface area contributed by atoms with E-state index in [9.17, 15) is 4.79 Å². The Morgan fingerprint density at radius 3 is 3.11 bits per heavy atom. The quantitative estimate of drug-likeness (QED) is 0.805. The molecule has 1 aromatic rings. The lowest BCUT2D eigenvalue weighted by Gasteiger charge is -2.23. The van der Waals surface area contributed by atoms with E-state index >= 15 is 0 Å². The second kappa shape index (κ2) is 5.97. The van der Waals surface area contributed by atoms with E-state index in [1.807, 2.05) is 13.8 Å². The molecule has 0 radical (unpaired) electrons. The molecule has 6 heteroatoms. The molecule has 0 amide bonds. The fraction of sp³-hybridized carbons (Fsp3) is 0.667. The Morgan fingerprint density at radius 2 is 2.44 bits per heavy atom. The first-order chi connectivity index (χ1) is 8.65. The van der Waals surface area contributed by atoms with Gasteiger partial charge in [0.15, 0.2) is 0 Å². The van der Waals surface area contributed by atoms with Gasteiger partial charge in [-0.2, -0.15) is 4.98 Å². The highest BCUT2D eigenvalue weighted by Crippen LogP contribution is 2.11. The first kappa shape index (κ1) is 13.0. The summed E-state index contributed by atoms with van der Waals surface area (Å²) in [5, 5.41) is 3.22. The van der Waals surface area contributed by atoms with Crippen molar-refractivity contribution in [2.45, 2.75) is 25.9 Å². The van der Waals surface area contributed by atoms with Gasteiger partial charge in [0.25, 0.3) is 5.56 Å². The normalized spacial score (nSPS) is 20.1. The maximum absolute atomic E-state index is 11.4. The highest BCUT2D eigenvalue weighted by molar-refractivity contribution is 5.10. The van der Waals surface area contributed by atoms with Gasteiger partial charge in [-0.15, -0.1) is 0 Å². The summed E-state index contributed by atoms with van der Waals surface area (Å²) >= 11 is 0. The number of morpholine rings is 1. The largest absolute Gasteiger partial charge is 0.475 e. The lowest BCUT2D eigenvalue weighted by molar-refractivity contribution is -0.000849. The monoisotopic (exact) mass is 253 g/mol. The highest BCUT2D eigenvalue weighted by atomic mass is 16.5. The van der Waals surface area contributed by atoms with Crippen LogP contribution >= 0.6 is 0 Å². The second-order valence-corrected chi connectivity index (χ2v) is 4.63. The van der Waals surface area contributed by atoms with Crippen molar-refractivity contribution in [1.29, 1.82) is 0 Å². The first-order valence-corrected chi connectivity index (χ1v) is 6.21. The van der Waals surface area contributed by atoms with Gasteiger partial charge in [0.05, 0.1) is 12.7 Å². The van der Waals surface area contributed by atoms with Gasteiger partial charge in [-0.05, 0) is 0 Å². The molecule has 1 atom stereocenters. The van der Waals surface area contributed by atoms with Gasteiger partial charge in [-0.3, -0.25) is 4.79 Å². The van der Waals surface area contributed by atoms with Crippen molar-refractivity contribution in [2.75, 3.05) is 26.3 Å². The van der Waals surface area contributed by atoms with E-state index in [1.165, 1.54) is 6.07 Å². The topological polar surface area (TPSA) is 76.2 Å². The molecular formula is C12H19N3O3. The van der Waals surface area contributed by atoms with Crippen molar-refractivity contribution in [2.24, 2.45) is 0 Å². The Balaban J connectivity index is 1.97. The van der Waals surface area contributed by atoms with Gasteiger partial charge in [0.1, 0.15) is 18.5 Å². The number of nitrogens with one attached hydrogen (secondary N) is 2. The molecule has 2 N–H and O–H groups in total. The zero-order valence-corrected chi connectivity index (χ0v) is 10.7. The summed E-state index contributed by atoms with van der Waals surface area (Å²) < 4.78 is 11.0. The number of aromatic nitrogens is 2. The molecule has 1 aromatic heterocycles. The molecule has 6 nitrogen and oxygen atoms in total. The molecule has 2 rings (SSSR count). The van der Waals surface area contributed by atoms with E-state index in [4.69, 9.17) is 9.47 Å². The molecule has 0 aromatic carbocycles. The van der Waals surface area contributed by atoms with Gasteiger partial charge in [0, 0.05) is 19.0 Å². The van der Waals surface area contributed by atoms with Crippen LogP contribution < -0.4 is 15.6 Å². The zero-order valence-electron chi connectivity index (χ0n) is 10.7. The molecule has 1 saturated heterocycles. The molecule has 0 saturated carbocycles. The minimum absolute atomic E-state index is 0.0161. The maximum Gasteiger partial charge on any atom is 0.254 e. The van der Waals surface area contributed by atoms with Gasteiger partial charge in [-0.1, -0.05) is 13.8 Å². The lowest BCUT2D eigenvalue weighted by atomic mass is 10.2. The summed E-state index contributed by atoms with van der Waals surface area (Å²) in [6, 6.07) is 1.36. The number of aromatic amines is 1. The Hall–Kier alpha value is -1.40. The standard InChI is InChI=1S/C12H19N3O3/c1-8(2)12-14-10(16)5-11(15-12)18-7-9-6-13-3-4-17-9/h5,8-9,13H,3-4,6-7H2,1-2H3,(H,14,15,16). The van der Waals surface area contributed by atoms with Crippen molar-refractivity contribution in [3.63, 3.8) is 0 Å². The molecule has 1 unspecified atom stereocenters. The number of nitrogens with zero attached hydrogens (tertiary/aromatic N) is 1. The summed E-state index contributed by atoms with van der Waals surface area (Å²) in [7, 11) is 0. The molecule has 0 spiro atoms. The van der Waals surface area contributed by atoms with Gasteiger partial charge >= 0.3 is 0 Å². The molecule has 0 bridgehead atoms. The van der Waals surface area contributed by atoms with Crippen LogP contribution in [0.4, 0.5) is 0 Å². The molecule has 1 fully saturated rings. The maximum atomic E-state index is 11.4. The molecule has 18 heavy (non-hydrogen) atoms. The van der Waals surface area contributed by atoms with Crippen LogP contribution in [-0.2, 0) is 4.74 Å². The molecule has 1 aliphatic heterocycles. The number of H-pyrrole nitrogens is 1. The van der Waals surface area contributed by atoms with E-state index < -0.39 is 0 Å². The van der Waals surface area contributed by atoms with Crippen LogP contribution in [0, 0.1) is 0 Å². The predicted octanol–water partition coefficient (Wildman–Crippen LogP) is 0.261. The first-order valence-electron chi connectivity index (χ1n) is 6.21. The summed E-state index contributed by atoms with van der Waals surface area (Å²) in [6.45, 7) is 6.67. The number of hydrogen-bond acceptors (Lipinski definition) is 5. The molecule has 100 valence electrons. The van der Waals surface area contributed by atoms with E-state index in [-0.39, 0.29) is 17.6 Å². The Kier molecular flexibility index (Phi) is 4.33. The third-order valence-corrected chi connectivity index (χ3v) is 2.70. The van der Waals surface area contributed by atoms with Gasteiger partial charge < -0.3 is 19.8 Å². The number of hydrogen-bond donors (Lipinski definition) is 2. The van der Waals surface area contributed by atoms with Crippen LogP contribution in [0.15, 0.2) is 10.9 Å². The average Bonchev–Trinajstić information content (AvgIpc) is 2.37. The minimum Gasteiger partial charge on any atom is -0.475 e. The molecule has 2 heterocycles. The van der Waals surface area contributed by atoms with Crippen molar-refractivity contribution in [3.8, 4) is 5.88 Å². The smallest absolute Gasteiger partial charge is 0.254 e.